The average molecular weight is 445 g/mol. The second kappa shape index (κ2) is 7.66. The number of carboxylic acids is 1. The molecule has 0 amide bonds. The van der Waals surface area contributed by atoms with Crippen LogP contribution in [0, 0.1) is 11.6 Å². The highest BCUT2D eigenvalue weighted by Crippen LogP contribution is 2.39. The van der Waals surface area contributed by atoms with E-state index in [-0.39, 0.29) is 22.6 Å². The number of sulfonamides is 1. The first-order valence-corrected chi connectivity index (χ1v) is 10.7. The lowest BCUT2D eigenvalue weighted by molar-refractivity contribution is -0.138. The molecule has 31 heavy (non-hydrogen) atoms. The Morgan fingerprint density at radius 3 is 2.39 bits per heavy atom. The Morgan fingerprint density at radius 1 is 1.06 bits per heavy atom. The molecule has 3 aromatic carbocycles. The van der Waals surface area contributed by atoms with Gasteiger partial charge in [-0.15, -0.1) is 0 Å². The molecule has 1 unspecified atom stereocenters. The Hall–Kier alpha value is -3.46. The van der Waals surface area contributed by atoms with Gasteiger partial charge in [0, 0.05) is 18.1 Å². The number of rotatable bonds is 5. The molecular weight excluding hydrogens is 428 g/mol. The third-order valence-corrected chi connectivity index (χ3v) is 7.00. The standard InChI is InChI=1S/C22H17F2NO5S/c1-30-16-5-9-20-14(10-16)11-21(22(26)27)25(20)31(28,29)17-6-2-13(3-7-17)18-8-4-15(23)12-19(18)24/h2-10,12,21H,11H2,1H3,(H,26,27). The van der Waals surface area contributed by atoms with E-state index >= 15 is 0 Å². The number of methoxy groups -OCH3 is 1. The van der Waals surface area contributed by atoms with Crippen molar-refractivity contribution in [1.82, 2.24) is 0 Å². The van der Waals surface area contributed by atoms with Gasteiger partial charge in [0.2, 0.25) is 0 Å². The zero-order valence-electron chi connectivity index (χ0n) is 16.2. The molecule has 1 aliphatic heterocycles. The van der Waals surface area contributed by atoms with Crippen LogP contribution in [0.5, 0.6) is 5.75 Å². The van der Waals surface area contributed by atoms with Gasteiger partial charge in [0.1, 0.15) is 23.4 Å². The first-order valence-electron chi connectivity index (χ1n) is 9.22. The van der Waals surface area contributed by atoms with E-state index in [4.69, 9.17) is 4.74 Å². The van der Waals surface area contributed by atoms with Crippen molar-refractivity contribution in [3.05, 3.63) is 77.9 Å². The molecule has 0 radical (unpaired) electrons. The van der Waals surface area contributed by atoms with Gasteiger partial charge < -0.3 is 9.84 Å². The summed E-state index contributed by atoms with van der Waals surface area (Å²) in [5.41, 5.74) is 1.28. The van der Waals surface area contributed by atoms with Crippen molar-refractivity contribution in [1.29, 1.82) is 0 Å². The summed E-state index contributed by atoms with van der Waals surface area (Å²) in [5, 5.41) is 9.63. The molecule has 0 aliphatic carbocycles. The van der Waals surface area contributed by atoms with Crippen molar-refractivity contribution in [3.63, 3.8) is 0 Å². The highest BCUT2D eigenvalue weighted by atomic mass is 32.2. The smallest absolute Gasteiger partial charge is 0.327 e. The third kappa shape index (κ3) is 3.61. The van der Waals surface area contributed by atoms with E-state index in [9.17, 15) is 27.1 Å². The maximum atomic E-state index is 14.0. The van der Waals surface area contributed by atoms with E-state index < -0.39 is 33.7 Å². The van der Waals surface area contributed by atoms with Crippen molar-refractivity contribution in [2.45, 2.75) is 17.4 Å². The molecule has 0 fully saturated rings. The van der Waals surface area contributed by atoms with Gasteiger partial charge in [0.15, 0.2) is 0 Å². The predicted octanol–water partition coefficient (Wildman–Crippen LogP) is 3.85. The van der Waals surface area contributed by atoms with E-state index in [0.717, 1.165) is 16.4 Å². The number of nitrogens with zero attached hydrogens (tertiary/aromatic N) is 1. The van der Waals surface area contributed by atoms with Crippen LogP contribution in [0.3, 0.4) is 0 Å². The Bertz CT molecular complexity index is 1280. The van der Waals surface area contributed by atoms with Crippen molar-refractivity contribution >= 4 is 21.7 Å². The fourth-order valence-corrected chi connectivity index (χ4v) is 5.30. The molecule has 6 nitrogen and oxygen atoms in total. The van der Waals surface area contributed by atoms with Crippen molar-refractivity contribution in [2.75, 3.05) is 11.4 Å². The molecule has 1 heterocycles. The van der Waals surface area contributed by atoms with Gasteiger partial charge in [-0.25, -0.2) is 22.0 Å². The summed E-state index contributed by atoms with van der Waals surface area (Å²) in [7, 11) is -2.76. The van der Waals surface area contributed by atoms with Crippen LogP contribution in [-0.4, -0.2) is 32.6 Å². The number of benzene rings is 3. The monoisotopic (exact) mass is 445 g/mol. The number of anilines is 1. The van der Waals surface area contributed by atoms with Crippen LogP contribution >= 0.6 is 0 Å². The summed E-state index contributed by atoms with van der Waals surface area (Å²) in [6.07, 6.45) is -0.0000288. The SMILES string of the molecule is COc1ccc2c(c1)CC(C(=O)O)N2S(=O)(=O)c1ccc(-c2ccc(F)cc2F)cc1. The summed E-state index contributed by atoms with van der Waals surface area (Å²) >= 11 is 0. The topological polar surface area (TPSA) is 83.9 Å². The van der Waals surface area contributed by atoms with Gasteiger partial charge in [-0.3, -0.25) is 4.31 Å². The molecule has 1 aliphatic rings. The zero-order chi connectivity index (χ0) is 22.3. The van der Waals surface area contributed by atoms with E-state index in [1.165, 1.54) is 43.5 Å². The van der Waals surface area contributed by atoms with Crippen LogP contribution in [0.2, 0.25) is 0 Å². The van der Waals surface area contributed by atoms with E-state index in [1.54, 1.807) is 12.1 Å². The average Bonchev–Trinajstić information content (AvgIpc) is 3.14. The lowest BCUT2D eigenvalue weighted by Crippen LogP contribution is -2.42. The lowest BCUT2D eigenvalue weighted by atomic mass is 10.1. The van der Waals surface area contributed by atoms with Gasteiger partial charge in [0.05, 0.1) is 17.7 Å². The minimum Gasteiger partial charge on any atom is -0.497 e. The summed E-state index contributed by atoms with van der Waals surface area (Å²) in [5.74, 6) is -2.27. The second-order valence-corrected chi connectivity index (χ2v) is 8.82. The molecule has 3 aromatic rings. The number of ether oxygens (including phenoxy) is 1. The number of carbonyl (C=O) groups is 1. The largest absolute Gasteiger partial charge is 0.497 e. The highest BCUT2D eigenvalue weighted by molar-refractivity contribution is 7.93. The fourth-order valence-electron chi connectivity index (χ4n) is 3.65. The van der Waals surface area contributed by atoms with Gasteiger partial charge in [-0.05, 0) is 53.6 Å². The molecule has 0 aromatic heterocycles. The van der Waals surface area contributed by atoms with Crippen molar-refractivity contribution in [2.24, 2.45) is 0 Å². The van der Waals surface area contributed by atoms with Gasteiger partial charge in [0.25, 0.3) is 10.0 Å². The molecule has 1 atom stereocenters. The Labute approximate surface area is 177 Å². The van der Waals surface area contributed by atoms with Crippen LogP contribution in [0.25, 0.3) is 11.1 Å². The first-order chi connectivity index (χ1) is 14.7. The molecule has 1 N–H and O–H groups in total. The molecule has 9 heteroatoms. The summed E-state index contributed by atoms with van der Waals surface area (Å²) in [6.45, 7) is 0. The molecular formula is C22H17F2NO5S. The maximum Gasteiger partial charge on any atom is 0.327 e. The minimum absolute atomic E-state index is 0.0000288. The van der Waals surface area contributed by atoms with Crippen LogP contribution in [0.15, 0.2) is 65.6 Å². The molecule has 0 saturated heterocycles. The third-order valence-electron chi connectivity index (χ3n) is 5.16. The number of carboxylic acid groups (broad SMARTS) is 1. The number of aliphatic carboxylic acids is 1. The van der Waals surface area contributed by atoms with Crippen molar-refractivity contribution < 1.29 is 31.8 Å². The summed E-state index contributed by atoms with van der Waals surface area (Å²) in [6, 6.07) is 11.8. The zero-order valence-corrected chi connectivity index (χ0v) is 17.1. The summed E-state index contributed by atoms with van der Waals surface area (Å²) < 4.78 is 59.9. The Morgan fingerprint density at radius 2 is 1.77 bits per heavy atom. The van der Waals surface area contributed by atoms with E-state index in [0.29, 0.717) is 16.9 Å². The predicted molar refractivity (Wildman–Crippen MR) is 110 cm³/mol. The highest BCUT2D eigenvalue weighted by Gasteiger charge is 2.42. The van der Waals surface area contributed by atoms with E-state index in [1.807, 2.05) is 0 Å². The van der Waals surface area contributed by atoms with Crippen LogP contribution in [-0.2, 0) is 21.2 Å². The minimum atomic E-state index is -4.22. The van der Waals surface area contributed by atoms with E-state index in [2.05, 4.69) is 0 Å². The molecule has 4 rings (SSSR count). The Kier molecular flexibility index (Phi) is 5.14. The number of halogens is 2. The normalized spacial score (nSPS) is 15.6. The van der Waals surface area contributed by atoms with Crippen LogP contribution < -0.4 is 9.04 Å². The first kappa shape index (κ1) is 20.8. The fraction of sp³-hybridized carbons (Fsp3) is 0.136. The number of fused-ring (bicyclic) bond motifs is 1. The van der Waals surface area contributed by atoms with Gasteiger partial charge in [-0.1, -0.05) is 12.1 Å². The van der Waals surface area contributed by atoms with Gasteiger partial charge in [-0.2, -0.15) is 0 Å². The maximum absolute atomic E-state index is 14.0. The molecule has 0 bridgehead atoms. The molecule has 160 valence electrons. The van der Waals surface area contributed by atoms with Crippen LogP contribution in [0.1, 0.15) is 5.56 Å². The molecule has 0 spiro atoms. The summed E-state index contributed by atoms with van der Waals surface area (Å²) in [4.78, 5) is 11.7. The van der Waals surface area contributed by atoms with Gasteiger partial charge >= 0.3 is 5.97 Å². The van der Waals surface area contributed by atoms with Crippen LogP contribution in [0.4, 0.5) is 14.5 Å². The second-order valence-electron chi connectivity index (χ2n) is 7.00. The molecule has 0 saturated carbocycles. The number of hydrogen-bond acceptors (Lipinski definition) is 4. The van der Waals surface area contributed by atoms with Crippen molar-refractivity contribution in [3.8, 4) is 16.9 Å². The quantitative estimate of drug-likeness (QED) is 0.645. The number of hydrogen-bond donors (Lipinski definition) is 1. The lowest BCUT2D eigenvalue weighted by Gasteiger charge is -2.24. The Balaban J connectivity index is 1.74.